The summed E-state index contributed by atoms with van der Waals surface area (Å²) in [5, 5.41) is 13.0. The van der Waals surface area contributed by atoms with Crippen LogP contribution in [0.25, 0.3) is 5.70 Å². The predicted molar refractivity (Wildman–Crippen MR) is 109 cm³/mol. The zero-order valence-electron chi connectivity index (χ0n) is 16.3. The van der Waals surface area contributed by atoms with Gasteiger partial charge in [-0.3, -0.25) is 4.79 Å². The molecule has 7 nitrogen and oxygen atoms in total. The Morgan fingerprint density at radius 1 is 1.23 bits per heavy atom. The number of hydrogen-bond acceptors (Lipinski definition) is 6. The number of carbonyl (C=O) groups excluding carboxylic acids is 1. The maximum absolute atomic E-state index is 13.3. The number of nitrogens with one attached hydrogen (secondary N) is 1. The van der Waals surface area contributed by atoms with E-state index in [0.717, 1.165) is 40.1 Å². The molecule has 0 saturated carbocycles. The Balaban J connectivity index is 1.65. The van der Waals surface area contributed by atoms with E-state index in [9.17, 15) is 10.1 Å². The molecule has 1 spiro atoms. The largest absolute Gasteiger partial charge is 0.454 e. The minimum atomic E-state index is -1.25. The number of rotatable bonds is 0. The van der Waals surface area contributed by atoms with Gasteiger partial charge in [-0.25, -0.2) is 0 Å². The van der Waals surface area contributed by atoms with Gasteiger partial charge < -0.3 is 25.4 Å². The summed E-state index contributed by atoms with van der Waals surface area (Å²) in [6.07, 6.45) is 2.64. The first-order chi connectivity index (χ1) is 14.5. The SMILES string of the molecule is Cc1ccc2c(c1)[C@@]1(C=C3c4cc5c(cc4CCN3C(N)=C1C#N)OCO5)C(=O)N2. The van der Waals surface area contributed by atoms with Crippen molar-refractivity contribution in [3.63, 3.8) is 0 Å². The molecule has 0 aromatic heterocycles. The zero-order chi connectivity index (χ0) is 20.6. The molecule has 7 heteroatoms. The van der Waals surface area contributed by atoms with Crippen molar-refractivity contribution in [1.82, 2.24) is 4.90 Å². The molecule has 148 valence electrons. The van der Waals surface area contributed by atoms with E-state index in [1.807, 2.05) is 48.2 Å². The summed E-state index contributed by atoms with van der Waals surface area (Å²) in [4.78, 5) is 15.3. The van der Waals surface area contributed by atoms with Gasteiger partial charge in [-0.15, -0.1) is 0 Å². The highest BCUT2D eigenvalue weighted by Gasteiger charge is 2.53. The minimum absolute atomic E-state index is 0.195. The van der Waals surface area contributed by atoms with Gasteiger partial charge in [0, 0.05) is 29.1 Å². The van der Waals surface area contributed by atoms with Gasteiger partial charge in [0.15, 0.2) is 11.5 Å². The molecule has 30 heavy (non-hydrogen) atoms. The Morgan fingerprint density at radius 3 is 2.83 bits per heavy atom. The summed E-state index contributed by atoms with van der Waals surface area (Å²) in [7, 11) is 0. The highest BCUT2D eigenvalue weighted by molar-refractivity contribution is 6.12. The maximum Gasteiger partial charge on any atom is 0.244 e. The third kappa shape index (κ3) is 1.95. The molecular formula is C23H18N4O3. The molecule has 3 N–H and O–H groups in total. The number of ether oxygens (including phenoxy) is 2. The maximum atomic E-state index is 13.3. The molecule has 2 aromatic rings. The van der Waals surface area contributed by atoms with Crippen LogP contribution in [0.2, 0.25) is 0 Å². The van der Waals surface area contributed by atoms with Gasteiger partial charge >= 0.3 is 0 Å². The lowest BCUT2D eigenvalue weighted by molar-refractivity contribution is -0.118. The monoisotopic (exact) mass is 398 g/mol. The van der Waals surface area contributed by atoms with E-state index in [0.29, 0.717) is 23.8 Å². The number of benzene rings is 2. The van der Waals surface area contributed by atoms with Crippen molar-refractivity contribution >= 4 is 17.3 Å². The first-order valence-electron chi connectivity index (χ1n) is 9.79. The molecule has 2 aromatic carbocycles. The summed E-state index contributed by atoms with van der Waals surface area (Å²) >= 11 is 0. The fourth-order valence-corrected chi connectivity index (χ4v) is 4.92. The molecule has 0 aliphatic carbocycles. The van der Waals surface area contributed by atoms with E-state index in [1.54, 1.807) is 0 Å². The fourth-order valence-electron chi connectivity index (χ4n) is 4.92. The smallest absolute Gasteiger partial charge is 0.244 e. The van der Waals surface area contributed by atoms with Gasteiger partial charge in [0.25, 0.3) is 0 Å². The molecule has 4 aliphatic heterocycles. The standard InChI is InChI=1S/C23H18N4O3/c1-12-2-3-17-15(6-12)23(22(28)26-17)9-18-14-8-20-19(29-11-30-20)7-13(14)4-5-27(18)21(25)16(23)10-24/h2-3,6-9H,4-5,11,25H2,1H3,(H,26,28)/t23-/m1/s1. The van der Waals surface area contributed by atoms with E-state index in [4.69, 9.17) is 15.2 Å². The number of aryl methyl sites for hydroxylation is 1. The highest BCUT2D eigenvalue weighted by atomic mass is 16.7. The molecular weight excluding hydrogens is 380 g/mol. The number of nitriles is 1. The van der Waals surface area contributed by atoms with E-state index >= 15 is 0 Å². The second-order valence-electron chi connectivity index (χ2n) is 7.98. The van der Waals surface area contributed by atoms with Crippen LogP contribution in [0, 0.1) is 18.3 Å². The van der Waals surface area contributed by atoms with Gasteiger partial charge in [-0.2, -0.15) is 5.26 Å². The van der Waals surface area contributed by atoms with Crippen LogP contribution in [-0.2, 0) is 16.6 Å². The van der Waals surface area contributed by atoms with Crippen LogP contribution in [0.3, 0.4) is 0 Å². The van der Waals surface area contributed by atoms with Crippen molar-refractivity contribution in [2.75, 3.05) is 18.7 Å². The normalized spacial score (nSPS) is 22.9. The van der Waals surface area contributed by atoms with Crippen LogP contribution in [-0.4, -0.2) is 24.1 Å². The van der Waals surface area contributed by atoms with Crippen LogP contribution in [0.4, 0.5) is 5.69 Å². The molecule has 4 aliphatic rings. The molecule has 0 bridgehead atoms. The first-order valence-corrected chi connectivity index (χ1v) is 9.79. The third-order valence-electron chi connectivity index (χ3n) is 6.38. The number of amides is 1. The van der Waals surface area contributed by atoms with Crippen molar-refractivity contribution in [2.45, 2.75) is 18.8 Å². The number of carbonyl (C=O) groups is 1. The Kier molecular flexibility index (Phi) is 3.16. The van der Waals surface area contributed by atoms with Gasteiger partial charge in [-0.1, -0.05) is 17.7 Å². The van der Waals surface area contributed by atoms with Crippen LogP contribution >= 0.6 is 0 Å². The lowest BCUT2D eigenvalue weighted by Gasteiger charge is -2.41. The van der Waals surface area contributed by atoms with E-state index in [-0.39, 0.29) is 18.3 Å². The molecule has 6 rings (SSSR count). The summed E-state index contributed by atoms with van der Waals surface area (Å²) < 4.78 is 11.1. The average molecular weight is 398 g/mol. The summed E-state index contributed by atoms with van der Waals surface area (Å²) in [6.45, 7) is 2.78. The number of hydrogen-bond donors (Lipinski definition) is 2. The van der Waals surface area contributed by atoms with Crippen LogP contribution < -0.4 is 20.5 Å². The van der Waals surface area contributed by atoms with Crippen LogP contribution in [0.1, 0.15) is 22.3 Å². The van der Waals surface area contributed by atoms with Crippen molar-refractivity contribution in [2.24, 2.45) is 5.73 Å². The fraction of sp³-hybridized carbons (Fsp3) is 0.217. The zero-order valence-corrected chi connectivity index (χ0v) is 16.3. The van der Waals surface area contributed by atoms with E-state index in [1.165, 1.54) is 0 Å². The quantitative estimate of drug-likeness (QED) is 0.707. The van der Waals surface area contributed by atoms with Crippen molar-refractivity contribution in [1.29, 1.82) is 5.26 Å². The molecule has 0 fully saturated rings. The number of nitrogens with two attached hydrogens (primary N) is 1. The second-order valence-corrected chi connectivity index (χ2v) is 7.98. The van der Waals surface area contributed by atoms with Gasteiger partial charge in [0.2, 0.25) is 12.7 Å². The first kappa shape index (κ1) is 17.0. The molecule has 0 saturated heterocycles. The predicted octanol–water partition coefficient (Wildman–Crippen LogP) is 2.52. The summed E-state index contributed by atoms with van der Waals surface area (Å²) in [5.74, 6) is 1.46. The van der Waals surface area contributed by atoms with Gasteiger partial charge in [0.1, 0.15) is 17.3 Å². The molecule has 1 atom stereocenters. The van der Waals surface area contributed by atoms with Crippen molar-refractivity contribution in [3.8, 4) is 17.6 Å². The third-order valence-corrected chi connectivity index (χ3v) is 6.38. The number of anilines is 1. The molecule has 0 unspecified atom stereocenters. The number of nitrogens with zero attached hydrogens (tertiary/aromatic N) is 2. The summed E-state index contributed by atoms with van der Waals surface area (Å²) in [6, 6.07) is 11.9. The van der Waals surface area contributed by atoms with E-state index < -0.39 is 5.41 Å². The van der Waals surface area contributed by atoms with Gasteiger partial charge in [-0.05, 0) is 43.2 Å². The highest BCUT2D eigenvalue weighted by Crippen LogP contribution is 2.51. The topological polar surface area (TPSA) is 101 Å². The summed E-state index contributed by atoms with van der Waals surface area (Å²) in [5.41, 5.74) is 10.9. The second kappa shape index (κ2) is 5.57. The van der Waals surface area contributed by atoms with Gasteiger partial charge in [0.05, 0.1) is 5.57 Å². The Morgan fingerprint density at radius 2 is 2.03 bits per heavy atom. The molecule has 0 radical (unpaired) electrons. The van der Waals surface area contributed by atoms with Crippen LogP contribution in [0.5, 0.6) is 11.5 Å². The van der Waals surface area contributed by atoms with Crippen molar-refractivity contribution in [3.05, 3.63) is 70.1 Å². The number of fused-ring (bicyclic) bond motifs is 6. The Hall–Kier alpha value is -3.92. The average Bonchev–Trinajstić information content (AvgIpc) is 3.30. The Labute approximate surface area is 173 Å². The molecule has 1 amide bonds. The lowest BCUT2D eigenvalue weighted by atomic mass is 9.71. The van der Waals surface area contributed by atoms with Crippen LogP contribution in [0.15, 0.2) is 47.8 Å². The molecule has 4 heterocycles. The lowest BCUT2D eigenvalue weighted by Crippen LogP contribution is -2.45. The minimum Gasteiger partial charge on any atom is -0.454 e. The Bertz CT molecular complexity index is 1270. The van der Waals surface area contributed by atoms with E-state index in [2.05, 4.69) is 11.4 Å². The van der Waals surface area contributed by atoms with Crippen molar-refractivity contribution < 1.29 is 14.3 Å².